The van der Waals surface area contributed by atoms with Gasteiger partial charge in [-0.3, -0.25) is 4.79 Å². The van der Waals surface area contributed by atoms with E-state index in [1.54, 1.807) is 12.1 Å². The summed E-state index contributed by atoms with van der Waals surface area (Å²) in [5.41, 5.74) is 3.68. The molecule has 0 aromatic heterocycles. The summed E-state index contributed by atoms with van der Waals surface area (Å²) < 4.78 is 12.2. The molecule has 4 nitrogen and oxygen atoms in total. The van der Waals surface area contributed by atoms with E-state index in [2.05, 4.69) is 28.2 Å². The van der Waals surface area contributed by atoms with Crippen molar-refractivity contribution < 1.29 is 14.3 Å². The molecule has 1 fully saturated rings. The van der Waals surface area contributed by atoms with Crippen molar-refractivity contribution in [1.82, 2.24) is 0 Å². The third kappa shape index (κ3) is 4.46. The van der Waals surface area contributed by atoms with Crippen LogP contribution in [0.15, 0.2) is 40.9 Å². The van der Waals surface area contributed by atoms with Gasteiger partial charge in [-0.05, 0) is 71.4 Å². The van der Waals surface area contributed by atoms with Gasteiger partial charge in [0.15, 0.2) is 0 Å². The van der Waals surface area contributed by atoms with Crippen molar-refractivity contribution >= 4 is 27.5 Å². The number of aryl methyl sites for hydroxylation is 2. The molecule has 0 spiro atoms. The van der Waals surface area contributed by atoms with Crippen molar-refractivity contribution in [2.75, 3.05) is 18.5 Å². The van der Waals surface area contributed by atoms with E-state index in [0.29, 0.717) is 12.2 Å². The number of ether oxygens (including phenoxy) is 2. The van der Waals surface area contributed by atoms with Gasteiger partial charge in [-0.15, -0.1) is 0 Å². The molecule has 1 aliphatic heterocycles. The molecule has 2 aromatic carbocycles. The molecule has 138 valence electrons. The molecule has 1 saturated heterocycles. The Balaban J connectivity index is 1.69. The second-order valence-corrected chi connectivity index (χ2v) is 7.36. The van der Waals surface area contributed by atoms with Gasteiger partial charge in [-0.25, -0.2) is 0 Å². The van der Waals surface area contributed by atoms with Gasteiger partial charge in [0.25, 0.3) is 5.91 Å². The zero-order valence-corrected chi connectivity index (χ0v) is 16.8. The van der Waals surface area contributed by atoms with Crippen molar-refractivity contribution in [3.05, 3.63) is 57.6 Å². The van der Waals surface area contributed by atoms with Crippen LogP contribution in [0.4, 0.5) is 5.69 Å². The maximum Gasteiger partial charge on any atom is 0.255 e. The van der Waals surface area contributed by atoms with E-state index < -0.39 is 0 Å². The second kappa shape index (κ2) is 8.69. The van der Waals surface area contributed by atoms with Crippen molar-refractivity contribution in [3.63, 3.8) is 0 Å². The van der Waals surface area contributed by atoms with E-state index >= 15 is 0 Å². The minimum Gasteiger partial charge on any atom is -0.490 e. The zero-order valence-electron chi connectivity index (χ0n) is 15.2. The Kier molecular flexibility index (Phi) is 6.33. The summed E-state index contributed by atoms with van der Waals surface area (Å²) >= 11 is 3.51. The predicted molar refractivity (Wildman–Crippen MR) is 107 cm³/mol. The topological polar surface area (TPSA) is 47.6 Å². The van der Waals surface area contributed by atoms with Crippen LogP contribution in [0.1, 0.15) is 41.3 Å². The highest BCUT2D eigenvalue weighted by molar-refractivity contribution is 9.10. The fraction of sp³-hybridized carbons (Fsp3) is 0.381. The number of carbonyl (C=O) groups is 1. The molecule has 0 aliphatic carbocycles. The summed E-state index contributed by atoms with van der Waals surface area (Å²) in [5.74, 6) is 0.600. The molecule has 5 heteroatoms. The number of nitrogens with one attached hydrogen (secondary N) is 1. The maximum absolute atomic E-state index is 12.7. The molecule has 1 atom stereocenters. The zero-order chi connectivity index (χ0) is 18.5. The Bertz CT molecular complexity index is 785. The predicted octanol–water partition coefficient (Wildman–Crippen LogP) is 5.13. The lowest BCUT2D eigenvalue weighted by atomic mass is 10.1. The van der Waals surface area contributed by atoms with Gasteiger partial charge < -0.3 is 14.8 Å². The van der Waals surface area contributed by atoms with Crippen LogP contribution in [0.25, 0.3) is 0 Å². The summed E-state index contributed by atoms with van der Waals surface area (Å²) in [7, 11) is 0. The minimum atomic E-state index is -0.125. The number of anilines is 1. The molecule has 1 aliphatic rings. The van der Waals surface area contributed by atoms with E-state index in [1.807, 2.05) is 31.2 Å². The highest BCUT2D eigenvalue weighted by atomic mass is 79.9. The molecular formula is C21H24BrNO3. The Morgan fingerprint density at radius 1 is 1.35 bits per heavy atom. The number of rotatable bonds is 6. The second-order valence-electron chi connectivity index (χ2n) is 6.51. The molecular weight excluding hydrogens is 394 g/mol. The van der Waals surface area contributed by atoms with Crippen LogP contribution in [-0.4, -0.2) is 25.2 Å². The smallest absolute Gasteiger partial charge is 0.255 e. The molecule has 1 N–H and O–H groups in total. The summed E-state index contributed by atoms with van der Waals surface area (Å²) in [4.78, 5) is 12.7. The number of amides is 1. The van der Waals surface area contributed by atoms with Crippen LogP contribution in [-0.2, 0) is 11.2 Å². The van der Waals surface area contributed by atoms with Gasteiger partial charge in [0.05, 0.1) is 10.6 Å². The SMILES string of the molecule is CCc1cccc(C)c1NC(=O)c1ccc(OCC2CCCO2)c(Br)c1. The molecule has 3 rings (SSSR count). The van der Waals surface area contributed by atoms with Crippen LogP contribution in [0.2, 0.25) is 0 Å². The Hall–Kier alpha value is -1.85. The lowest BCUT2D eigenvalue weighted by molar-refractivity contribution is 0.0677. The standard InChI is InChI=1S/C21H24BrNO3/c1-3-15-7-4-6-14(2)20(15)23-21(24)16-9-10-19(18(22)12-16)26-13-17-8-5-11-25-17/h4,6-7,9-10,12,17H,3,5,8,11,13H2,1-2H3,(H,23,24). The van der Waals surface area contributed by atoms with E-state index in [4.69, 9.17) is 9.47 Å². The van der Waals surface area contributed by atoms with Crippen molar-refractivity contribution in [2.45, 2.75) is 39.2 Å². The average molecular weight is 418 g/mol. The maximum atomic E-state index is 12.7. The quantitative estimate of drug-likeness (QED) is 0.708. The average Bonchev–Trinajstić information content (AvgIpc) is 3.15. The third-order valence-corrected chi connectivity index (χ3v) is 5.24. The molecule has 0 radical (unpaired) electrons. The minimum absolute atomic E-state index is 0.125. The number of hydrogen-bond acceptors (Lipinski definition) is 3. The van der Waals surface area contributed by atoms with Crippen molar-refractivity contribution in [1.29, 1.82) is 0 Å². The van der Waals surface area contributed by atoms with E-state index in [0.717, 1.165) is 52.9 Å². The van der Waals surface area contributed by atoms with Crippen molar-refractivity contribution in [3.8, 4) is 5.75 Å². The van der Waals surface area contributed by atoms with Gasteiger partial charge in [0.1, 0.15) is 12.4 Å². The van der Waals surface area contributed by atoms with E-state index in [9.17, 15) is 4.79 Å². The summed E-state index contributed by atoms with van der Waals surface area (Å²) in [6.07, 6.45) is 3.16. The van der Waals surface area contributed by atoms with Crippen LogP contribution >= 0.6 is 15.9 Å². The van der Waals surface area contributed by atoms with Gasteiger partial charge in [-0.2, -0.15) is 0 Å². The first-order chi connectivity index (χ1) is 12.6. The molecule has 1 unspecified atom stereocenters. The molecule has 0 saturated carbocycles. The third-order valence-electron chi connectivity index (χ3n) is 4.62. The molecule has 1 amide bonds. The summed E-state index contributed by atoms with van der Waals surface area (Å²) in [6, 6.07) is 11.5. The van der Waals surface area contributed by atoms with Crippen LogP contribution < -0.4 is 10.1 Å². The first-order valence-electron chi connectivity index (χ1n) is 9.02. The molecule has 2 aromatic rings. The van der Waals surface area contributed by atoms with Gasteiger partial charge in [0.2, 0.25) is 0 Å². The Morgan fingerprint density at radius 2 is 2.19 bits per heavy atom. The highest BCUT2D eigenvalue weighted by Gasteiger charge is 2.17. The van der Waals surface area contributed by atoms with Gasteiger partial charge in [0, 0.05) is 17.9 Å². The normalized spacial score (nSPS) is 16.5. The summed E-state index contributed by atoms with van der Waals surface area (Å²) in [6.45, 7) is 5.44. The number of para-hydroxylation sites is 1. The van der Waals surface area contributed by atoms with Crippen LogP contribution in [0.5, 0.6) is 5.75 Å². The fourth-order valence-corrected chi connectivity index (χ4v) is 3.60. The largest absolute Gasteiger partial charge is 0.490 e. The number of benzene rings is 2. The number of halogens is 1. The lowest BCUT2D eigenvalue weighted by Gasteiger charge is -2.15. The summed E-state index contributed by atoms with van der Waals surface area (Å²) in [5, 5.41) is 3.05. The number of hydrogen-bond donors (Lipinski definition) is 1. The van der Waals surface area contributed by atoms with Crippen molar-refractivity contribution in [2.24, 2.45) is 0 Å². The van der Waals surface area contributed by atoms with Gasteiger partial charge in [-0.1, -0.05) is 25.1 Å². The first-order valence-corrected chi connectivity index (χ1v) is 9.81. The Labute approximate surface area is 163 Å². The van der Waals surface area contributed by atoms with E-state index in [1.165, 1.54) is 0 Å². The highest BCUT2D eigenvalue weighted by Crippen LogP contribution is 2.28. The molecule has 0 bridgehead atoms. The fourth-order valence-electron chi connectivity index (χ4n) is 3.11. The monoisotopic (exact) mass is 417 g/mol. The lowest BCUT2D eigenvalue weighted by Crippen LogP contribution is -2.17. The number of carbonyl (C=O) groups excluding carboxylic acids is 1. The van der Waals surface area contributed by atoms with Gasteiger partial charge >= 0.3 is 0 Å². The molecule has 1 heterocycles. The Morgan fingerprint density at radius 3 is 2.88 bits per heavy atom. The molecule has 26 heavy (non-hydrogen) atoms. The first kappa shape index (κ1) is 18.9. The van der Waals surface area contributed by atoms with Crippen LogP contribution in [0.3, 0.4) is 0 Å². The van der Waals surface area contributed by atoms with Crippen LogP contribution in [0, 0.1) is 6.92 Å². The van der Waals surface area contributed by atoms with E-state index in [-0.39, 0.29) is 12.0 Å².